The van der Waals surface area contributed by atoms with Gasteiger partial charge in [-0.2, -0.15) is 0 Å². The van der Waals surface area contributed by atoms with Crippen molar-refractivity contribution in [3.05, 3.63) is 24.3 Å². The zero-order valence-corrected chi connectivity index (χ0v) is 21.1. The van der Waals surface area contributed by atoms with Gasteiger partial charge in [-0.1, -0.05) is 17.7 Å². The Morgan fingerprint density at radius 2 is 1.46 bits per heavy atom. The van der Waals surface area contributed by atoms with E-state index in [4.69, 9.17) is 28.4 Å². The van der Waals surface area contributed by atoms with Crippen molar-refractivity contribution in [3.8, 4) is 0 Å². The summed E-state index contributed by atoms with van der Waals surface area (Å²) in [6, 6.07) is 0. The number of hydrogen-bond donors (Lipinski definition) is 1. The zero-order valence-electron chi connectivity index (χ0n) is 21.1. The standard InChI is InChI=1S/C24H36O11/c1-8-24(7,29)11-9-10-14(2)12-31-23-22(34-18(6)28)21(33-17(5)27)20(32-16(4)26)19(35-23)13-30-15(3)25/h8,10,19-23,29H,1,9,11-13H2,2-7H3/b14-10-/t19-,20-,21+,22-,23-,24-/m1/s1. The summed E-state index contributed by atoms with van der Waals surface area (Å²) < 4.78 is 32.8. The van der Waals surface area contributed by atoms with Crippen LogP contribution < -0.4 is 0 Å². The fourth-order valence-electron chi connectivity index (χ4n) is 3.31. The Bertz CT molecular complexity index is 801. The molecule has 1 aliphatic heterocycles. The lowest BCUT2D eigenvalue weighted by molar-refractivity contribution is -0.306. The van der Waals surface area contributed by atoms with Crippen molar-refractivity contribution in [1.82, 2.24) is 0 Å². The first-order chi connectivity index (χ1) is 16.3. The van der Waals surface area contributed by atoms with Gasteiger partial charge in [0.15, 0.2) is 24.6 Å². The number of carbonyl (C=O) groups is 4. The summed E-state index contributed by atoms with van der Waals surface area (Å²) in [7, 11) is 0. The monoisotopic (exact) mass is 500 g/mol. The van der Waals surface area contributed by atoms with Crippen LogP contribution in [0.4, 0.5) is 0 Å². The summed E-state index contributed by atoms with van der Waals surface area (Å²) in [6.07, 6.45) is -1.79. The highest BCUT2D eigenvalue weighted by Gasteiger charge is 2.52. The van der Waals surface area contributed by atoms with Gasteiger partial charge >= 0.3 is 23.9 Å². The van der Waals surface area contributed by atoms with Gasteiger partial charge in [0, 0.05) is 27.7 Å². The summed E-state index contributed by atoms with van der Waals surface area (Å²) >= 11 is 0. The zero-order chi connectivity index (χ0) is 26.8. The summed E-state index contributed by atoms with van der Waals surface area (Å²) in [5.74, 6) is -2.74. The van der Waals surface area contributed by atoms with Crippen LogP contribution in [0.2, 0.25) is 0 Å². The molecule has 0 saturated carbocycles. The van der Waals surface area contributed by atoms with Crippen molar-refractivity contribution < 1.29 is 52.7 Å². The second kappa shape index (κ2) is 14.0. The lowest BCUT2D eigenvalue weighted by Gasteiger charge is -2.44. The van der Waals surface area contributed by atoms with Crippen LogP contribution in [-0.2, 0) is 47.6 Å². The Kier molecular flexibility index (Phi) is 12.1. The van der Waals surface area contributed by atoms with Gasteiger partial charge in [0.2, 0.25) is 0 Å². The van der Waals surface area contributed by atoms with Gasteiger partial charge in [-0.3, -0.25) is 19.2 Å². The van der Waals surface area contributed by atoms with E-state index in [2.05, 4.69) is 6.58 Å². The number of rotatable bonds is 12. The molecule has 0 amide bonds. The molecule has 0 spiro atoms. The molecule has 0 aromatic heterocycles. The van der Waals surface area contributed by atoms with Crippen LogP contribution in [-0.4, -0.2) is 78.5 Å². The second-order valence-electron chi connectivity index (χ2n) is 8.53. The summed E-state index contributed by atoms with van der Waals surface area (Å²) in [4.78, 5) is 46.8. The van der Waals surface area contributed by atoms with E-state index in [1.165, 1.54) is 13.0 Å². The van der Waals surface area contributed by atoms with E-state index in [0.29, 0.717) is 12.8 Å². The molecule has 1 heterocycles. The van der Waals surface area contributed by atoms with Gasteiger partial charge < -0.3 is 33.5 Å². The maximum Gasteiger partial charge on any atom is 0.303 e. The van der Waals surface area contributed by atoms with Crippen molar-refractivity contribution in [2.75, 3.05) is 13.2 Å². The van der Waals surface area contributed by atoms with Crippen molar-refractivity contribution in [3.63, 3.8) is 0 Å². The first-order valence-corrected chi connectivity index (χ1v) is 11.2. The average molecular weight is 501 g/mol. The lowest BCUT2D eigenvalue weighted by Crippen LogP contribution is -2.63. The lowest BCUT2D eigenvalue weighted by atomic mass is 9.98. The highest BCUT2D eigenvalue weighted by atomic mass is 16.7. The van der Waals surface area contributed by atoms with E-state index in [9.17, 15) is 24.3 Å². The number of esters is 4. The minimum absolute atomic E-state index is 0.0456. The van der Waals surface area contributed by atoms with Crippen LogP contribution in [0.1, 0.15) is 54.4 Å². The average Bonchev–Trinajstić information content (AvgIpc) is 2.73. The smallest absolute Gasteiger partial charge is 0.303 e. The molecular formula is C24H36O11. The van der Waals surface area contributed by atoms with Crippen LogP contribution in [0, 0.1) is 0 Å². The van der Waals surface area contributed by atoms with Crippen LogP contribution >= 0.6 is 0 Å². The molecule has 0 aromatic carbocycles. The molecule has 1 N–H and O–H groups in total. The van der Waals surface area contributed by atoms with Crippen molar-refractivity contribution in [2.24, 2.45) is 0 Å². The highest BCUT2D eigenvalue weighted by Crippen LogP contribution is 2.30. The molecule has 1 fully saturated rings. The largest absolute Gasteiger partial charge is 0.463 e. The van der Waals surface area contributed by atoms with E-state index >= 15 is 0 Å². The summed E-state index contributed by atoms with van der Waals surface area (Å²) in [5.41, 5.74) is -0.213. The molecule has 1 rings (SSSR count). The molecule has 0 aromatic rings. The molecule has 0 aliphatic carbocycles. The van der Waals surface area contributed by atoms with Crippen LogP contribution in [0.3, 0.4) is 0 Å². The Balaban J connectivity index is 3.16. The Morgan fingerprint density at radius 1 is 0.914 bits per heavy atom. The quantitative estimate of drug-likeness (QED) is 0.238. The van der Waals surface area contributed by atoms with E-state index < -0.39 is 60.2 Å². The van der Waals surface area contributed by atoms with Crippen LogP contribution in [0.15, 0.2) is 24.3 Å². The molecule has 198 valence electrons. The first-order valence-electron chi connectivity index (χ1n) is 11.2. The normalized spacial score (nSPS) is 26.1. The molecule has 0 unspecified atom stereocenters. The molecule has 1 aliphatic rings. The third-order valence-corrected chi connectivity index (χ3v) is 5.01. The molecule has 0 bridgehead atoms. The van der Waals surface area contributed by atoms with Crippen LogP contribution in [0.5, 0.6) is 0 Å². The van der Waals surface area contributed by atoms with Crippen molar-refractivity contribution in [2.45, 2.75) is 90.7 Å². The molecule has 1 saturated heterocycles. The maximum atomic E-state index is 11.8. The third-order valence-electron chi connectivity index (χ3n) is 5.01. The predicted molar refractivity (Wildman–Crippen MR) is 122 cm³/mol. The third kappa shape index (κ3) is 11.0. The molecular weight excluding hydrogens is 464 g/mol. The van der Waals surface area contributed by atoms with Gasteiger partial charge in [0.1, 0.15) is 12.7 Å². The molecule has 35 heavy (non-hydrogen) atoms. The molecule has 11 heteroatoms. The van der Waals surface area contributed by atoms with Gasteiger partial charge in [0.25, 0.3) is 0 Å². The van der Waals surface area contributed by atoms with Gasteiger partial charge in [-0.05, 0) is 26.7 Å². The number of allylic oxidation sites excluding steroid dienone is 1. The fourth-order valence-corrected chi connectivity index (χ4v) is 3.31. The van der Waals surface area contributed by atoms with Gasteiger partial charge in [0.05, 0.1) is 12.2 Å². The Hall–Kier alpha value is -2.76. The topological polar surface area (TPSA) is 144 Å². The highest BCUT2D eigenvalue weighted by molar-refractivity contribution is 5.68. The van der Waals surface area contributed by atoms with Crippen molar-refractivity contribution in [1.29, 1.82) is 0 Å². The second-order valence-corrected chi connectivity index (χ2v) is 8.53. The van der Waals surface area contributed by atoms with Gasteiger partial charge in [-0.25, -0.2) is 0 Å². The van der Waals surface area contributed by atoms with E-state index in [1.807, 2.05) is 6.08 Å². The predicted octanol–water partition coefficient (Wildman–Crippen LogP) is 1.75. The minimum atomic E-state index is -1.29. The SMILES string of the molecule is C=C[C@@](C)(O)CC/C=C(/C)CO[C@@H]1O[C@H](COC(C)=O)[C@@H](OC(C)=O)[C@H](OC(C)=O)[C@H]1OC(C)=O. The number of carbonyl (C=O) groups excluding carboxylic acids is 4. The number of ether oxygens (including phenoxy) is 6. The van der Waals surface area contributed by atoms with E-state index in [-0.39, 0.29) is 13.2 Å². The number of aliphatic hydroxyl groups is 1. The Labute approximate surface area is 205 Å². The first kappa shape index (κ1) is 30.3. The van der Waals surface area contributed by atoms with Gasteiger partial charge in [-0.15, -0.1) is 6.58 Å². The fraction of sp³-hybridized carbons (Fsp3) is 0.667. The van der Waals surface area contributed by atoms with Crippen LogP contribution in [0.25, 0.3) is 0 Å². The minimum Gasteiger partial charge on any atom is -0.463 e. The molecule has 6 atom stereocenters. The Morgan fingerprint density at radius 3 is 1.97 bits per heavy atom. The van der Waals surface area contributed by atoms with Crippen molar-refractivity contribution >= 4 is 23.9 Å². The molecule has 0 radical (unpaired) electrons. The van der Waals surface area contributed by atoms with E-state index in [0.717, 1.165) is 26.3 Å². The summed E-state index contributed by atoms with van der Waals surface area (Å²) in [6.45, 7) is 11.4. The van der Waals surface area contributed by atoms with E-state index in [1.54, 1.807) is 13.8 Å². The summed E-state index contributed by atoms with van der Waals surface area (Å²) in [5, 5.41) is 10.0. The number of hydrogen-bond acceptors (Lipinski definition) is 11. The molecule has 11 nitrogen and oxygen atoms in total. The maximum absolute atomic E-state index is 11.8.